The van der Waals surface area contributed by atoms with Crippen LogP contribution in [0.4, 0.5) is 0 Å². The highest BCUT2D eigenvalue weighted by molar-refractivity contribution is 5.46. The van der Waals surface area contributed by atoms with Crippen LogP contribution < -0.4 is 4.74 Å². The van der Waals surface area contributed by atoms with Gasteiger partial charge in [0.1, 0.15) is 5.75 Å². The predicted octanol–water partition coefficient (Wildman–Crippen LogP) is 6.20. The highest BCUT2D eigenvalue weighted by atomic mass is 16.5. The average Bonchev–Trinajstić information content (AvgIpc) is 2.69. The van der Waals surface area contributed by atoms with Gasteiger partial charge in [-0.3, -0.25) is 0 Å². The fourth-order valence-electron chi connectivity index (χ4n) is 2.61. The van der Waals surface area contributed by atoms with E-state index >= 15 is 0 Å². The molecular formula is C25H28O. The normalized spacial score (nSPS) is 9.62. The van der Waals surface area contributed by atoms with Gasteiger partial charge in [-0.1, -0.05) is 62.7 Å². The first-order valence-corrected chi connectivity index (χ1v) is 9.57. The number of benzene rings is 2. The summed E-state index contributed by atoms with van der Waals surface area (Å²) in [7, 11) is 1.67. The van der Waals surface area contributed by atoms with Gasteiger partial charge in [-0.2, -0.15) is 0 Å². The minimum atomic E-state index is 0.847. The number of methoxy groups -OCH3 is 1. The van der Waals surface area contributed by atoms with Crippen LogP contribution in [0.15, 0.2) is 48.5 Å². The van der Waals surface area contributed by atoms with E-state index < -0.39 is 0 Å². The quantitative estimate of drug-likeness (QED) is 0.429. The molecule has 0 atom stereocenters. The molecule has 0 aliphatic heterocycles. The Hall–Kier alpha value is -2.64. The molecule has 1 nitrogen and oxygen atoms in total. The predicted molar refractivity (Wildman–Crippen MR) is 110 cm³/mol. The second-order valence-corrected chi connectivity index (χ2v) is 6.38. The molecule has 26 heavy (non-hydrogen) atoms. The largest absolute Gasteiger partial charge is 0.497 e. The first-order valence-electron chi connectivity index (χ1n) is 9.57. The maximum Gasteiger partial charge on any atom is 0.118 e. The Morgan fingerprint density at radius 3 is 1.73 bits per heavy atom. The fourth-order valence-corrected chi connectivity index (χ4v) is 2.61. The number of rotatable bonds is 7. The van der Waals surface area contributed by atoms with E-state index in [4.69, 9.17) is 4.74 Å². The SMILES string of the molecule is CCCCCCCCC#Cc1ccc(C#Cc2ccc(OC)cc2)cc1. The van der Waals surface area contributed by atoms with Crippen LogP contribution in [0.3, 0.4) is 0 Å². The van der Waals surface area contributed by atoms with Gasteiger partial charge in [-0.25, -0.2) is 0 Å². The average molecular weight is 344 g/mol. The molecular weight excluding hydrogens is 316 g/mol. The Bertz CT molecular complexity index is 761. The maximum absolute atomic E-state index is 5.15. The van der Waals surface area contributed by atoms with E-state index in [0.29, 0.717) is 0 Å². The third-order valence-electron chi connectivity index (χ3n) is 4.21. The summed E-state index contributed by atoms with van der Waals surface area (Å²) in [5, 5.41) is 0. The standard InChI is InChI=1S/C25H28O/c1-3-4-5-6-7-8-9-10-11-22-12-14-23(15-13-22)16-17-24-18-20-25(26-2)21-19-24/h12-15,18-21H,3-9H2,1-2H3. The van der Waals surface area contributed by atoms with E-state index in [0.717, 1.165) is 28.9 Å². The molecule has 0 radical (unpaired) electrons. The van der Waals surface area contributed by atoms with E-state index in [1.807, 2.05) is 48.5 Å². The molecule has 1 heteroatoms. The van der Waals surface area contributed by atoms with Crippen molar-refractivity contribution in [3.05, 3.63) is 65.2 Å². The Labute approximate surface area is 158 Å². The highest BCUT2D eigenvalue weighted by Crippen LogP contribution is 2.11. The van der Waals surface area contributed by atoms with Gasteiger partial charge in [0.25, 0.3) is 0 Å². The summed E-state index contributed by atoms with van der Waals surface area (Å²) in [5.41, 5.74) is 3.04. The Morgan fingerprint density at radius 2 is 1.15 bits per heavy atom. The molecule has 2 aromatic rings. The molecule has 0 spiro atoms. The number of unbranched alkanes of at least 4 members (excludes halogenated alkanes) is 6. The molecule has 0 aliphatic carbocycles. The fraction of sp³-hybridized carbons (Fsp3) is 0.360. The van der Waals surface area contributed by atoms with Gasteiger partial charge < -0.3 is 4.74 Å². The lowest BCUT2D eigenvalue weighted by molar-refractivity contribution is 0.415. The van der Waals surface area contributed by atoms with Crippen molar-refractivity contribution in [2.45, 2.75) is 51.9 Å². The van der Waals surface area contributed by atoms with Crippen LogP contribution in [0.1, 0.15) is 68.6 Å². The van der Waals surface area contributed by atoms with E-state index in [1.54, 1.807) is 7.11 Å². The van der Waals surface area contributed by atoms with Crippen LogP contribution >= 0.6 is 0 Å². The monoisotopic (exact) mass is 344 g/mol. The van der Waals surface area contributed by atoms with Gasteiger partial charge in [-0.15, -0.1) is 0 Å². The first kappa shape index (κ1) is 19.7. The van der Waals surface area contributed by atoms with Crippen molar-refractivity contribution in [2.75, 3.05) is 7.11 Å². The van der Waals surface area contributed by atoms with Crippen molar-refractivity contribution in [3.63, 3.8) is 0 Å². The summed E-state index contributed by atoms with van der Waals surface area (Å²) in [5.74, 6) is 13.7. The van der Waals surface area contributed by atoms with Gasteiger partial charge in [0.05, 0.1) is 7.11 Å². The van der Waals surface area contributed by atoms with E-state index in [9.17, 15) is 0 Å². The molecule has 0 aliphatic rings. The summed E-state index contributed by atoms with van der Waals surface area (Å²) in [6.07, 6.45) is 8.88. The Kier molecular flexibility index (Phi) is 8.96. The molecule has 0 saturated carbocycles. The first-order chi connectivity index (χ1) is 12.8. The van der Waals surface area contributed by atoms with Gasteiger partial charge in [0.15, 0.2) is 0 Å². The molecule has 0 bridgehead atoms. The van der Waals surface area contributed by atoms with Crippen LogP contribution in [-0.2, 0) is 0 Å². The molecule has 2 aromatic carbocycles. The van der Waals surface area contributed by atoms with Crippen LogP contribution in [0.25, 0.3) is 0 Å². The Morgan fingerprint density at radius 1 is 0.654 bits per heavy atom. The lowest BCUT2D eigenvalue weighted by Gasteiger charge is -1.97. The molecule has 0 heterocycles. The molecule has 0 saturated heterocycles. The third-order valence-corrected chi connectivity index (χ3v) is 4.21. The molecule has 0 N–H and O–H groups in total. The molecule has 0 amide bonds. The molecule has 0 unspecified atom stereocenters. The van der Waals surface area contributed by atoms with E-state index in [2.05, 4.69) is 30.6 Å². The third kappa shape index (κ3) is 7.50. The number of ether oxygens (including phenoxy) is 1. The summed E-state index contributed by atoms with van der Waals surface area (Å²) in [6, 6.07) is 15.9. The minimum Gasteiger partial charge on any atom is -0.497 e. The van der Waals surface area contributed by atoms with Crippen molar-refractivity contribution in [2.24, 2.45) is 0 Å². The van der Waals surface area contributed by atoms with Crippen molar-refractivity contribution in [3.8, 4) is 29.4 Å². The lowest BCUT2D eigenvalue weighted by Crippen LogP contribution is -1.82. The summed E-state index contributed by atoms with van der Waals surface area (Å²) < 4.78 is 5.15. The lowest BCUT2D eigenvalue weighted by atomic mass is 10.1. The summed E-state index contributed by atoms with van der Waals surface area (Å²) in [6.45, 7) is 2.25. The van der Waals surface area contributed by atoms with Crippen LogP contribution in [0.5, 0.6) is 5.75 Å². The van der Waals surface area contributed by atoms with Crippen LogP contribution in [0, 0.1) is 23.7 Å². The summed E-state index contributed by atoms with van der Waals surface area (Å²) in [4.78, 5) is 0. The maximum atomic E-state index is 5.15. The van der Waals surface area contributed by atoms with E-state index in [1.165, 1.54) is 38.5 Å². The van der Waals surface area contributed by atoms with E-state index in [-0.39, 0.29) is 0 Å². The Balaban J connectivity index is 1.79. The molecule has 2 rings (SSSR count). The number of hydrogen-bond acceptors (Lipinski definition) is 1. The van der Waals surface area contributed by atoms with Crippen LogP contribution in [-0.4, -0.2) is 7.11 Å². The smallest absolute Gasteiger partial charge is 0.118 e. The second-order valence-electron chi connectivity index (χ2n) is 6.38. The second kappa shape index (κ2) is 11.8. The van der Waals surface area contributed by atoms with Gasteiger partial charge in [-0.05, 0) is 55.0 Å². The highest BCUT2D eigenvalue weighted by Gasteiger charge is 1.92. The van der Waals surface area contributed by atoms with Gasteiger partial charge >= 0.3 is 0 Å². The van der Waals surface area contributed by atoms with Gasteiger partial charge in [0, 0.05) is 23.1 Å². The molecule has 0 fully saturated rings. The number of hydrogen-bond donors (Lipinski definition) is 0. The van der Waals surface area contributed by atoms with Crippen molar-refractivity contribution in [1.29, 1.82) is 0 Å². The van der Waals surface area contributed by atoms with Crippen LogP contribution in [0.2, 0.25) is 0 Å². The zero-order chi connectivity index (χ0) is 18.5. The minimum absolute atomic E-state index is 0.847. The zero-order valence-corrected chi connectivity index (χ0v) is 16.0. The summed E-state index contributed by atoms with van der Waals surface area (Å²) >= 11 is 0. The van der Waals surface area contributed by atoms with Crippen molar-refractivity contribution >= 4 is 0 Å². The molecule has 134 valence electrons. The van der Waals surface area contributed by atoms with Crippen molar-refractivity contribution < 1.29 is 4.74 Å². The topological polar surface area (TPSA) is 9.23 Å². The molecule has 0 aromatic heterocycles. The zero-order valence-electron chi connectivity index (χ0n) is 16.0. The van der Waals surface area contributed by atoms with Gasteiger partial charge in [0.2, 0.25) is 0 Å². The van der Waals surface area contributed by atoms with Crippen molar-refractivity contribution in [1.82, 2.24) is 0 Å².